The second kappa shape index (κ2) is 6.23. The normalized spacial score (nSPS) is 11.4. The maximum atomic E-state index is 13.2. The topological polar surface area (TPSA) is 103 Å². The summed E-state index contributed by atoms with van der Waals surface area (Å²) >= 11 is 0. The molecule has 0 aliphatic heterocycles. The van der Waals surface area contributed by atoms with E-state index < -0.39 is 17.8 Å². The number of nitrogens with zero attached hydrogens (tertiary/aromatic N) is 3. The third-order valence-electron chi connectivity index (χ3n) is 2.82. The fourth-order valence-corrected chi connectivity index (χ4v) is 1.95. The summed E-state index contributed by atoms with van der Waals surface area (Å²) in [6.07, 6.45) is -3.47. The highest BCUT2D eigenvalue weighted by molar-refractivity contribution is 5.81. The van der Waals surface area contributed by atoms with Crippen LogP contribution in [0.25, 0.3) is 5.69 Å². The zero-order valence-electron chi connectivity index (χ0n) is 11.6. The van der Waals surface area contributed by atoms with E-state index in [9.17, 15) is 13.2 Å². The quantitative estimate of drug-likeness (QED) is 0.459. The van der Waals surface area contributed by atoms with Crippen LogP contribution in [0.5, 0.6) is 0 Å². The number of alkyl halides is 3. The molecular formula is C14H11F3N6. The highest BCUT2D eigenvalue weighted by atomic mass is 19.4. The molecule has 4 N–H and O–H groups in total. The SMILES string of the molecule is N#Cc1cccc(-n2c(C=NNC(=N)N)ccc2C(F)(F)F)c1. The standard InChI is InChI=1S/C14H11F3N6/c15-14(16,17)12-5-4-11(8-21-22-13(19)20)23(12)10-3-1-2-9(6-10)7-18/h1-6,8H,(H4,19,20,22). The Hall–Kier alpha value is -3.28. The van der Waals surface area contributed by atoms with Crippen LogP contribution in [0.15, 0.2) is 41.5 Å². The first kappa shape index (κ1) is 16.1. The summed E-state index contributed by atoms with van der Waals surface area (Å²) in [6.45, 7) is 0. The number of rotatable bonds is 3. The minimum Gasteiger partial charge on any atom is -0.369 e. The Bertz CT molecular complexity index is 798. The maximum absolute atomic E-state index is 13.2. The molecule has 0 spiro atoms. The van der Waals surface area contributed by atoms with E-state index in [2.05, 4.69) is 10.5 Å². The number of guanidine groups is 1. The lowest BCUT2D eigenvalue weighted by Crippen LogP contribution is -2.25. The van der Waals surface area contributed by atoms with Gasteiger partial charge < -0.3 is 10.3 Å². The summed E-state index contributed by atoms with van der Waals surface area (Å²) in [5.74, 6) is -0.443. The largest absolute Gasteiger partial charge is 0.431 e. The molecule has 0 aliphatic carbocycles. The molecule has 1 aromatic carbocycles. The van der Waals surface area contributed by atoms with Gasteiger partial charge in [0.2, 0.25) is 5.96 Å². The number of hydrazone groups is 1. The van der Waals surface area contributed by atoms with Crippen molar-refractivity contribution in [2.75, 3.05) is 0 Å². The van der Waals surface area contributed by atoms with E-state index in [0.717, 1.165) is 16.8 Å². The summed E-state index contributed by atoms with van der Waals surface area (Å²) in [4.78, 5) is 0. The average molecular weight is 320 g/mol. The van der Waals surface area contributed by atoms with Gasteiger partial charge in [0, 0.05) is 5.69 Å². The third kappa shape index (κ3) is 3.68. The van der Waals surface area contributed by atoms with Crippen LogP contribution in [0.4, 0.5) is 13.2 Å². The smallest absolute Gasteiger partial charge is 0.369 e. The average Bonchev–Trinajstić information content (AvgIpc) is 2.91. The highest BCUT2D eigenvalue weighted by Gasteiger charge is 2.35. The minimum absolute atomic E-state index is 0.112. The monoisotopic (exact) mass is 320 g/mol. The van der Waals surface area contributed by atoms with Crippen molar-refractivity contribution in [2.45, 2.75) is 6.18 Å². The Kier molecular flexibility index (Phi) is 4.36. The van der Waals surface area contributed by atoms with Gasteiger partial charge in [0.25, 0.3) is 0 Å². The molecule has 2 rings (SSSR count). The second-order valence-corrected chi connectivity index (χ2v) is 4.42. The Morgan fingerprint density at radius 3 is 2.70 bits per heavy atom. The molecule has 0 aliphatic rings. The maximum Gasteiger partial charge on any atom is 0.431 e. The third-order valence-corrected chi connectivity index (χ3v) is 2.82. The van der Waals surface area contributed by atoms with Crippen molar-refractivity contribution < 1.29 is 13.2 Å². The molecular weight excluding hydrogens is 309 g/mol. The number of nitrogens with one attached hydrogen (secondary N) is 2. The molecule has 23 heavy (non-hydrogen) atoms. The van der Waals surface area contributed by atoms with E-state index in [-0.39, 0.29) is 16.9 Å². The number of nitrogens with two attached hydrogens (primary N) is 1. The lowest BCUT2D eigenvalue weighted by atomic mass is 10.2. The van der Waals surface area contributed by atoms with Crippen molar-refractivity contribution in [3.05, 3.63) is 53.3 Å². The molecule has 0 atom stereocenters. The molecule has 1 heterocycles. The van der Waals surface area contributed by atoms with Crippen LogP contribution in [0.2, 0.25) is 0 Å². The zero-order chi connectivity index (χ0) is 17.0. The van der Waals surface area contributed by atoms with Crippen LogP contribution < -0.4 is 11.2 Å². The molecule has 1 aromatic heterocycles. The van der Waals surface area contributed by atoms with Gasteiger partial charge in [-0.2, -0.15) is 23.5 Å². The fraction of sp³-hybridized carbons (Fsp3) is 0.0714. The van der Waals surface area contributed by atoms with Crippen LogP contribution >= 0.6 is 0 Å². The Labute approximate surface area is 129 Å². The van der Waals surface area contributed by atoms with E-state index in [1.165, 1.54) is 30.3 Å². The molecule has 118 valence electrons. The number of benzene rings is 1. The number of halogens is 3. The zero-order valence-corrected chi connectivity index (χ0v) is 11.6. The summed E-state index contributed by atoms with van der Waals surface area (Å²) in [7, 11) is 0. The molecule has 0 saturated carbocycles. The second-order valence-electron chi connectivity index (χ2n) is 4.42. The van der Waals surface area contributed by atoms with Gasteiger partial charge in [0.1, 0.15) is 5.69 Å². The van der Waals surface area contributed by atoms with E-state index in [1.807, 2.05) is 6.07 Å². The van der Waals surface area contributed by atoms with Crippen LogP contribution in [0, 0.1) is 16.7 Å². The molecule has 6 nitrogen and oxygen atoms in total. The fourth-order valence-electron chi connectivity index (χ4n) is 1.95. The van der Waals surface area contributed by atoms with Gasteiger partial charge in [-0.15, -0.1) is 0 Å². The van der Waals surface area contributed by atoms with Crippen molar-refractivity contribution in [1.82, 2.24) is 9.99 Å². The predicted octanol–water partition coefficient (Wildman–Crippen LogP) is 2.18. The molecule has 0 amide bonds. The first-order chi connectivity index (χ1) is 10.8. The van der Waals surface area contributed by atoms with Crippen molar-refractivity contribution in [3.8, 4) is 11.8 Å². The lowest BCUT2D eigenvalue weighted by molar-refractivity contribution is -0.142. The summed E-state index contributed by atoms with van der Waals surface area (Å²) in [6, 6.07) is 9.79. The van der Waals surface area contributed by atoms with E-state index >= 15 is 0 Å². The predicted molar refractivity (Wildman–Crippen MR) is 78.1 cm³/mol. The van der Waals surface area contributed by atoms with E-state index in [4.69, 9.17) is 16.4 Å². The molecule has 0 saturated heterocycles. The lowest BCUT2D eigenvalue weighted by Gasteiger charge is -2.14. The van der Waals surface area contributed by atoms with Crippen LogP contribution in [-0.2, 0) is 6.18 Å². The summed E-state index contributed by atoms with van der Waals surface area (Å²) in [5, 5.41) is 19.5. The van der Waals surface area contributed by atoms with Gasteiger partial charge in [-0.05, 0) is 30.3 Å². The number of aromatic nitrogens is 1. The van der Waals surface area contributed by atoms with E-state index in [1.54, 1.807) is 0 Å². The van der Waals surface area contributed by atoms with Crippen molar-refractivity contribution in [3.63, 3.8) is 0 Å². The van der Waals surface area contributed by atoms with Gasteiger partial charge >= 0.3 is 6.18 Å². The molecule has 9 heteroatoms. The van der Waals surface area contributed by atoms with Gasteiger partial charge in [0.05, 0.1) is 23.5 Å². The van der Waals surface area contributed by atoms with Crippen molar-refractivity contribution in [2.24, 2.45) is 10.8 Å². The molecule has 0 bridgehead atoms. The Balaban J connectivity index is 2.57. The highest BCUT2D eigenvalue weighted by Crippen LogP contribution is 2.32. The first-order valence-electron chi connectivity index (χ1n) is 6.25. The molecule has 0 fully saturated rings. The summed E-state index contributed by atoms with van der Waals surface area (Å²) in [5.41, 5.74) is 6.79. The van der Waals surface area contributed by atoms with Gasteiger partial charge in [-0.3, -0.25) is 5.41 Å². The van der Waals surface area contributed by atoms with Crippen LogP contribution in [0.3, 0.4) is 0 Å². The van der Waals surface area contributed by atoms with E-state index in [0.29, 0.717) is 0 Å². The van der Waals surface area contributed by atoms with Crippen molar-refractivity contribution in [1.29, 1.82) is 10.7 Å². The van der Waals surface area contributed by atoms with Crippen LogP contribution in [0.1, 0.15) is 17.0 Å². The Morgan fingerprint density at radius 2 is 2.09 bits per heavy atom. The van der Waals surface area contributed by atoms with Gasteiger partial charge in [-0.25, -0.2) is 5.43 Å². The number of hydrogen-bond donors (Lipinski definition) is 3. The molecule has 0 unspecified atom stereocenters. The minimum atomic E-state index is -4.58. The van der Waals surface area contributed by atoms with Gasteiger partial charge in [0.15, 0.2) is 0 Å². The Morgan fingerprint density at radius 1 is 1.35 bits per heavy atom. The first-order valence-corrected chi connectivity index (χ1v) is 6.25. The number of nitriles is 1. The van der Waals surface area contributed by atoms with Gasteiger partial charge in [-0.1, -0.05) is 6.07 Å². The van der Waals surface area contributed by atoms with Crippen LogP contribution in [-0.4, -0.2) is 16.7 Å². The molecule has 2 aromatic rings. The van der Waals surface area contributed by atoms with Crippen molar-refractivity contribution >= 4 is 12.2 Å². The molecule has 0 radical (unpaired) electrons. The number of hydrogen-bond acceptors (Lipinski definition) is 3. The summed E-state index contributed by atoms with van der Waals surface area (Å²) < 4.78 is 40.5.